The third-order valence-corrected chi connectivity index (χ3v) is 5.27. The van der Waals surface area contributed by atoms with E-state index < -0.39 is 0 Å². The van der Waals surface area contributed by atoms with Gasteiger partial charge >= 0.3 is 110 Å². The second kappa shape index (κ2) is 11.8. The molecule has 2 rings (SSSR count). The molecule has 0 amide bonds. The molecule has 0 radical (unpaired) electrons. The molecule has 1 heterocycles. The SMILES string of the molecule is COC(=O)C(C)Cc1ccc(OCCCCC2CCN([CH-]B=O)CC2)cc1. The van der Waals surface area contributed by atoms with Gasteiger partial charge < -0.3 is 4.74 Å². The Kier molecular flexibility index (Phi) is 9.39. The number of nitrogens with zero attached hydrogens (tertiary/aromatic N) is 1. The molecule has 1 aromatic rings. The summed E-state index contributed by atoms with van der Waals surface area (Å²) in [5.41, 5.74) is 1.11. The zero-order valence-corrected chi connectivity index (χ0v) is 16.6. The van der Waals surface area contributed by atoms with Gasteiger partial charge in [0.2, 0.25) is 0 Å². The van der Waals surface area contributed by atoms with Crippen molar-refractivity contribution in [2.75, 3.05) is 26.8 Å². The van der Waals surface area contributed by atoms with Gasteiger partial charge in [-0.05, 0) is 12.0 Å². The molecule has 1 aliphatic rings. The predicted octanol–water partition coefficient (Wildman–Crippen LogP) is 3.47. The van der Waals surface area contributed by atoms with Crippen LogP contribution in [0.4, 0.5) is 0 Å². The first-order valence-corrected chi connectivity index (χ1v) is 9.94. The van der Waals surface area contributed by atoms with E-state index in [-0.39, 0.29) is 11.9 Å². The van der Waals surface area contributed by atoms with Crippen LogP contribution in [0.3, 0.4) is 0 Å². The summed E-state index contributed by atoms with van der Waals surface area (Å²) < 4.78 is 21.1. The van der Waals surface area contributed by atoms with E-state index in [0.717, 1.165) is 50.5 Å². The number of hydrogen-bond donors (Lipinski definition) is 0. The van der Waals surface area contributed by atoms with E-state index >= 15 is 0 Å². The smallest absolute Gasteiger partial charge is 0.0553 e. The van der Waals surface area contributed by atoms with E-state index in [2.05, 4.69) is 4.90 Å². The van der Waals surface area contributed by atoms with E-state index in [1.54, 1.807) is 6.44 Å². The Morgan fingerprint density at radius 1 is 1.26 bits per heavy atom. The molecule has 0 spiro atoms. The summed E-state index contributed by atoms with van der Waals surface area (Å²) >= 11 is 0. The van der Waals surface area contributed by atoms with Gasteiger partial charge in [-0.2, -0.15) is 0 Å². The molecule has 148 valence electrons. The minimum absolute atomic E-state index is 0.134. The molecule has 1 aromatic carbocycles. The summed E-state index contributed by atoms with van der Waals surface area (Å²) in [5.74, 6) is 1.34. The Morgan fingerprint density at radius 3 is 2.59 bits per heavy atom. The average Bonchev–Trinajstić information content (AvgIpc) is 2.69. The number of carbonyl (C=O) groups is 1. The van der Waals surface area contributed by atoms with Crippen molar-refractivity contribution >= 4 is 13.1 Å². The fourth-order valence-corrected chi connectivity index (χ4v) is 3.56. The van der Waals surface area contributed by atoms with Gasteiger partial charge in [0.25, 0.3) is 0 Å². The second-order valence-electron chi connectivity index (χ2n) is 7.38. The maximum absolute atomic E-state index is 11.5. The predicted molar refractivity (Wildman–Crippen MR) is 106 cm³/mol. The van der Waals surface area contributed by atoms with Crippen molar-refractivity contribution in [1.29, 1.82) is 0 Å². The van der Waals surface area contributed by atoms with Crippen LogP contribution in [0.5, 0.6) is 5.75 Å². The van der Waals surface area contributed by atoms with Crippen molar-refractivity contribution in [3.63, 3.8) is 0 Å². The molecule has 1 atom stereocenters. The molecular formula is C21H31BNO4-. The molecule has 1 fully saturated rings. The van der Waals surface area contributed by atoms with Gasteiger partial charge in [-0.25, -0.2) is 0 Å². The molecule has 1 saturated heterocycles. The first-order chi connectivity index (χ1) is 13.1. The first kappa shape index (κ1) is 21.5. The van der Waals surface area contributed by atoms with Crippen molar-refractivity contribution in [1.82, 2.24) is 4.90 Å². The Labute approximate surface area is 163 Å². The number of methoxy groups -OCH3 is 1. The second-order valence-corrected chi connectivity index (χ2v) is 7.38. The number of esters is 1. The quantitative estimate of drug-likeness (QED) is 0.258. The van der Waals surface area contributed by atoms with Crippen molar-refractivity contribution in [3.8, 4) is 5.75 Å². The van der Waals surface area contributed by atoms with E-state index in [9.17, 15) is 9.50 Å². The van der Waals surface area contributed by atoms with Crippen LogP contribution in [0.25, 0.3) is 0 Å². The van der Waals surface area contributed by atoms with Gasteiger partial charge in [0.15, 0.2) is 0 Å². The summed E-state index contributed by atoms with van der Waals surface area (Å²) in [6.45, 7) is 4.61. The van der Waals surface area contributed by atoms with Gasteiger partial charge in [-0.15, -0.1) is 0 Å². The number of likely N-dealkylation sites (tertiary alicyclic amines) is 1. The molecule has 0 N–H and O–H groups in total. The molecule has 27 heavy (non-hydrogen) atoms. The monoisotopic (exact) mass is 372 g/mol. The standard InChI is InChI=1S/C21H31BNO4/c1-17(21(24)26-2)15-19-6-8-20(9-7-19)27-14-4-3-5-18-10-12-23(13-11-18)16-22-25/h6-9,16-18H,3-5,10-15H2,1-2H3/q-1. The molecule has 1 unspecified atom stereocenters. The number of ether oxygens (including phenoxy) is 2. The van der Waals surface area contributed by atoms with E-state index in [1.807, 2.05) is 31.2 Å². The fraction of sp³-hybridized carbons (Fsp3) is 0.619. The van der Waals surface area contributed by atoms with Crippen molar-refractivity contribution < 1.29 is 19.0 Å². The number of piperidine rings is 1. The topological polar surface area (TPSA) is 55.8 Å². The van der Waals surface area contributed by atoms with Gasteiger partial charge in [-0.3, -0.25) is 4.79 Å². The van der Waals surface area contributed by atoms with Crippen molar-refractivity contribution in [2.45, 2.75) is 45.4 Å². The van der Waals surface area contributed by atoms with Gasteiger partial charge in [-0.1, -0.05) is 19.1 Å². The summed E-state index contributed by atoms with van der Waals surface area (Å²) in [6, 6.07) is 7.97. The molecule has 0 aliphatic carbocycles. The Balaban J connectivity index is 1.58. The zero-order valence-electron chi connectivity index (χ0n) is 16.6. The Morgan fingerprint density at radius 2 is 1.96 bits per heavy atom. The van der Waals surface area contributed by atoms with Crippen molar-refractivity contribution in [2.24, 2.45) is 11.8 Å². The normalized spacial score (nSPS) is 16.4. The summed E-state index contributed by atoms with van der Waals surface area (Å²) in [5, 5.41) is 0. The van der Waals surface area contributed by atoms with E-state index in [4.69, 9.17) is 9.47 Å². The minimum Gasteiger partial charge on any atom is -0.0553 e. The summed E-state index contributed by atoms with van der Waals surface area (Å²) in [7, 11) is 2.30. The number of rotatable bonds is 11. The summed E-state index contributed by atoms with van der Waals surface area (Å²) in [4.78, 5) is 13.6. The van der Waals surface area contributed by atoms with Gasteiger partial charge in [0.05, 0.1) is 13.0 Å². The van der Waals surface area contributed by atoms with Crippen LogP contribution in [-0.2, 0) is 20.7 Å². The number of unbranched alkanes of at least 4 members (excludes halogenated alkanes) is 1. The Bertz CT molecular complexity index is 570. The van der Waals surface area contributed by atoms with Gasteiger partial charge in [0, 0.05) is 0 Å². The number of hydrogen-bond acceptors (Lipinski definition) is 5. The molecule has 5 nitrogen and oxygen atoms in total. The van der Waals surface area contributed by atoms with Crippen LogP contribution in [0, 0.1) is 18.3 Å². The minimum atomic E-state index is -0.178. The van der Waals surface area contributed by atoms with Crippen molar-refractivity contribution in [3.05, 3.63) is 36.3 Å². The van der Waals surface area contributed by atoms with Crippen LogP contribution >= 0.6 is 0 Å². The third kappa shape index (κ3) is 7.75. The van der Waals surface area contributed by atoms with Crippen LogP contribution in [-0.4, -0.2) is 44.8 Å². The molecule has 6 heteroatoms. The molecule has 0 bridgehead atoms. The van der Waals surface area contributed by atoms with Crippen LogP contribution < -0.4 is 4.74 Å². The van der Waals surface area contributed by atoms with E-state index in [0.29, 0.717) is 6.42 Å². The Hall–Kier alpha value is -1.82. The first-order valence-electron chi connectivity index (χ1n) is 9.94. The molecule has 1 aliphatic heterocycles. The molecule has 0 saturated carbocycles. The third-order valence-electron chi connectivity index (χ3n) is 5.27. The average molecular weight is 372 g/mol. The van der Waals surface area contributed by atoms with Gasteiger partial charge in [0.1, 0.15) is 0 Å². The molecule has 0 aromatic heterocycles. The van der Waals surface area contributed by atoms with Crippen LogP contribution in [0.15, 0.2) is 24.3 Å². The maximum atomic E-state index is 11.5. The molecular weight excluding hydrogens is 341 g/mol. The van der Waals surface area contributed by atoms with E-state index in [1.165, 1.54) is 32.8 Å². The number of carbonyl (C=O) groups excluding carboxylic acids is 1. The van der Waals surface area contributed by atoms with Crippen LogP contribution in [0.1, 0.15) is 44.6 Å². The summed E-state index contributed by atoms with van der Waals surface area (Å²) in [6.07, 6.45) is 8.16. The van der Waals surface area contributed by atoms with Crippen LogP contribution in [0.2, 0.25) is 0 Å². The fourth-order valence-electron chi connectivity index (χ4n) is 3.56. The zero-order chi connectivity index (χ0) is 19.5. The number of benzene rings is 1.